The molecule has 88 valence electrons. The largest absolute Gasteiger partial charge is 0.367 e. The number of aryl methyl sites for hydroxylation is 1. The molecule has 1 heterocycles. The third-order valence-electron chi connectivity index (χ3n) is 3.03. The fraction of sp³-hybridized carbons (Fsp3) is 0.583. The van der Waals surface area contributed by atoms with Crippen LogP contribution in [0.1, 0.15) is 31.4 Å². The first-order valence-corrected chi connectivity index (χ1v) is 6.92. The van der Waals surface area contributed by atoms with E-state index in [-0.39, 0.29) is 0 Å². The molecule has 0 unspecified atom stereocenters. The number of aromatic nitrogens is 1. The Morgan fingerprint density at radius 3 is 2.62 bits per heavy atom. The van der Waals surface area contributed by atoms with Gasteiger partial charge in [-0.25, -0.2) is 4.98 Å². The van der Waals surface area contributed by atoms with Crippen LogP contribution in [-0.4, -0.2) is 16.4 Å². The average Bonchev–Trinajstić information content (AvgIpc) is 2.27. The summed E-state index contributed by atoms with van der Waals surface area (Å²) in [6, 6.07) is 4.59. The van der Waals surface area contributed by atoms with Crippen molar-refractivity contribution >= 4 is 33.3 Å². The molecule has 0 bridgehead atoms. The van der Waals surface area contributed by atoms with Gasteiger partial charge in [0.1, 0.15) is 5.82 Å². The number of rotatable bonds is 2. The van der Waals surface area contributed by atoms with Gasteiger partial charge in [0, 0.05) is 15.9 Å². The van der Waals surface area contributed by atoms with Gasteiger partial charge in [-0.2, -0.15) is 0 Å². The van der Waals surface area contributed by atoms with E-state index in [2.05, 4.69) is 26.2 Å². The minimum absolute atomic E-state index is 0.373. The lowest BCUT2D eigenvalue weighted by Gasteiger charge is -2.26. The quantitative estimate of drug-likeness (QED) is 0.832. The number of halogens is 2. The van der Waals surface area contributed by atoms with Crippen molar-refractivity contribution in [2.24, 2.45) is 0 Å². The van der Waals surface area contributed by atoms with E-state index in [9.17, 15) is 0 Å². The third kappa shape index (κ3) is 3.11. The van der Waals surface area contributed by atoms with Gasteiger partial charge in [0.15, 0.2) is 0 Å². The van der Waals surface area contributed by atoms with Gasteiger partial charge in [-0.15, -0.1) is 11.6 Å². The Balaban J connectivity index is 1.96. The van der Waals surface area contributed by atoms with Gasteiger partial charge in [0.05, 0.1) is 5.69 Å². The van der Waals surface area contributed by atoms with Crippen LogP contribution in [0, 0.1) is 6.92 Å². The average molecular weight is 304 g/mol. The molecule has 1 saturated carbocycles. The summed E-state index contributed by atoms with van der Waals surface area (Å²) in [5.41, 5.74) is 1.02. The molecule has 1 aromatic rings. The molecule has 1 N–H and O–H groups in total. The van der Waals surface area contributed by atoms with Crippen molar-refractivity contribution in [2.45, 2.75) is 44.0 Å². The van der Waals surface area contributed by atoms with Crippen LogP contribution < -0.4 is 5.32 Å². The molecular weight excluding hydrogens is 288 g/mol. The zero-order valence-electron chi connectivity index (χ0n) is 9.34. The van der Waals surface area contributed by atoms with Crippen LogP contribution >= 0.6 is 27.5 Å². The summed E-state index contributed by atoms with van der Waals surface area (Å²) in [7, 11) is 0. The lowest BCUT2D eigenvalue weighted by atomic mass is 9.95. The van der Waals surface area contributed by atoms with Crippen LogP contribution in [0.5, 0.6) is 0 Å². The SMILES string of the molecule is Cc1nc(NC2CCC(Cl)CC2)ccc1Br. The summed E-state index contributed by atoms with van der Waals surface area (Å²) in [5.74, 6) is 0.971. The van der Waals surface area contributed by atoms with Crippen molar-refractivity contribution in [3.8, 4) is 0 Å². The molecule has 2 nitrogen and oxygen atoms in total. The monoisotopic (exact) mass is 302 g/mol. The Morgan fingerprint density at radius 2 is 2.00 bits per heavy atom. The van der Waals surface area contributed by atoms with Crippen LogP contribution in [0.3, 0.4) is 0 Å². The number of anilines is 1. The second-order valence-electron chi connectivity index (χ2n) is 4.36. The van der Waals surface area contributed by atoms with Crippen molar-refractivity contribution in [2.75, 3.05) is 5.32 Å². The predicted octanol–water partition coefficient (Wildman–Crippen LogP) is 4.11. The van der Waals surface area contributed by atoms with Gasteiger partial charge >= 0.3 is 0 Å². The van der Waals surface area contributed by atoms with Gasteiger partial charge in [-0.05, 0) is 60.7 Å². The molecule has 0 spiro atoms. The lowest BCUT2D eigenvalue weighted by molar-refractivity contribution is 0.467. The van der Waals surface area contributed by atoms with Crippen molar-refractivity contribution in [3.63, 3.8) is 0 Å². The number of pyridine rings is 1. The zero-order valence-corrected chi connectivity index (χ0v) is 11.7. The summed E-state index contributed by atoms with van der Waals surface area (Å²) < 4.78 is 1.06. The number of alkyl halides is 1. The molecule has 4 heteroatoms. The standard InChI is InChI=1S/C12H16BrClN2/c1-8-11(13)6-7-12(15-8)16-10-4-2-9(14)3-5-10/h6-7,9-10H,2-5H2,1H3,(H,15,16). The van der Waals surface area contributed by atoms with Crippen molar-refractivity contribution in [1.29, 1.82) is 0 Å². The van der Waals surface area contributed by atoms with Gasteiger partial charge < -0.3 is 5.32 Å². The Bertz CT molecular complexity index is 362. The van der Waals surface area contributed by atoms with Gasteiger partial charge in [0.25, 0.3) is 0 Å². The smallest absolute Gasteiger partial charge is 0.126 e. The van der Waals surface area contributed by atoms with E-state index in [1.807, 2.05) is 19.1 Å². The maximum Gasteiger partial charge on any atom is 0.126 e. The zero-order chi connectivity index (χ0) is 11.5. The molecule has 2 rings (SSSR count). The normalized spacial score (nSPS) is 25.4. The maximum atomic E-state index is 6.08. The minimum atomic E-state index is 0.373. The highest BCUT2D eigenvalue weighted by atomic mass is 79.9. The molecule has 1 fully saturated rings. The van der Waals surface area contributed by atoms with Gasteiger partial charge in [-0.1, -0.05) is 0 Å². The second-order valence-corrected chi connectivity index (χ2v) is 5.83. The van der Waals surface area contributed by atoms with Crippen molar-refractivity contribution in [1.82, 2.24) is 4.98 Å². The van der Waals surface area contributed by atoms with E-state index in [1.165, 1.54) is 0 Å². The van der Waals surface area contributed by atoms with Crippen LogP contribution in [0.2, 0.25) is 0 Å². The maximum absolute atomic E-state index is 6.08. The Labute approximate surface area is 110 Å². The summed E-state index contributed by atoms with van der Waals surface area (Å²) in [4.78, 5) is 4.49. The number of hydrogen-bond acceptors (Lipinski definition) is 2. The van der Waals surface area contributed by atoms with E-state index in [1.54, 1.807) is 0 Å². The molecule has 0 aromatic carbocycles. The summed E-state index contributed by atoms with van der Waals surface area (Å²) in [6.45, 7) is 2.00. The Hall–Kier alpha value is -0.280. The molecule has 0 aliphatic heterocycles. The number of nitrogens with one attached hydrogen (secondary N) is 1. The van der Waals surface area contributed by atoms with Crippen LogP contribution in [-0.2, 0) is 0 Å². The molecule has 1 aliphatic rings. The fourth-order valence-corrected chi connectivity index (χ4v) is 2.50. The molecule has 16 heavy (non-hydrogen) atoms. The lowest BCUT2D eigenvalue weighted by Crippen LogP contribution is -2.26. The first-order valence-electron chi connectivity index (χ1n) is 5.69. The van der Waals surface area contributed by atoms with E-state index in [0.717, 1.165) is 41.7 Å². The predicted molar refractivity (Wildman–Crippen MR) is 72.2 cm³/mol. The molecule has 0 radical (unpaired) electrons. The minimum Gasteiger partial charge on any atom is -0.367 e. The molecular formula is C12H16BrClN2. The van der Waals surface area contributed by atoms with Gasteiger partial charge in [0.2, 0.25) is 0 Å². The fourth-order valence-electron chi connectivity index (χ4n) is 2.03. The molecule has 0 atom stereocenters. The second kappa shape index (κ2) is 5.37. The highest BCUT2D eigenvalue weighted by Crippen LogP contribution is 2.25. The number of hydrogen-bond donors (Lipinski definition) is 1. The third-order valence-corrected chi connectivity index (χ3v) is 4.30. The summed E-state index contributed by atoms with van der Waals surface area (Å²) in [5, 5.41) is 3.85. The van der Waals surface area contributed by atoms with Crippen LogP contribution in [0.15, 0.2) is 16.6 Å². The van der Waals surface area contributed by atoms with E-state index >= 15 is 0 Å². The van der Waals surface area contributed by atoms with E-state index < -0.39 is 0 Å². The molecule has 0 amide bonds. The highest BCUT2D eigenvalue weighted by Gasteiger charge is 2.19. The van der Waals surface area contributed by atoms with Crippen LogP contribution in [0.4, 0.5) is 5.82 Å². The Morgan fingerprint density at radius 1 is 1.31 bits per heavy atom. The molecule has 1 aliphatic carbocycles. The molecule has 1 aromatic heterocycles. The van der Waals surface area contributed by atoms with Crippen molar-refractivity contribution in [3.05, 3.63) is 22.3 Å². The van der Waals surface area contributed by atoms with E-state index in [0.29, 0.717) is 11.4 Å². The number of nitrogens with zero attached hydrogens (tertiary/aromatic N) is 1. The van der Waals surface area contributed by atoms with Gasteiger partial charge in [-0.3, -0.25) is 0 Å². The topological polar surface area (TPSA) is 24.9 Å². The Kier molecular flexibility index (Phi) is 4.09. The first kappa shape index (κ1) is 12.2. The van der Waals surface area contributed by atoms with Crippen LogP contribution in [0.25, 0.3) is 0 Å². The molecule has 0 saturated heterocycles. The van der Waals surface area contributed by atoms with E-state index in [4.69, 9.17) is 11.6 Å². The summed E-state index contributed by atoms with van der Waals surface area (Å²) >= 11 is 9.54. The highest BCUT2D eigenvalue weighted by molar-refractivity contribution is 9.10. The first-order chi connectivity index (χ1) is 7.65. The summed E-state index contributed by atoms with van der Waals surface area (Å²) in [6.07, 6.45) is 4.50. The van der Waals surface area contributed by atoms with Crippen molar-refractivity contribution < 1.29 is 0 Å².